The summed E-state index contributed by atoms with van der Waals surface area (Å²) in [6, 6.07) is 0.328. The highest BCUT2D eigenvalue weighted by Crippen LogP contribution is 2.40. The van der Waals surface area contributed by atoms with Gasteiger partial charge in [-0.15, -0.1) is 0 Å². The Balaban J connectivity index is 1.39. The number of aromatic nitrogens is 5. The Bertz CT molecular complexity index is 930. The lowest BCUT2D eigenvalue weighted by atomic mass is 9.78. The third-order valence-corrected chi connectivity index (χ3v) is 5.18. The van der Waals surface area contributed by atoms with E-state index in [1.54, 1.807) is 18.6 Å². The van der Waals surface area contributed by atoms with Crippen LogP contribution >= 0.6 is 15.9 Å². The maximum Gasteiger partial charge on any atom is 0.306 e. The molecule has 0 aliphatic heterocycles. The predicted molar refractivity (Wildman–Crippen MR) is 99.2 cm³/mol. The molecule has 1 N–H and O–H groups in total. The van der Waals surface area contributed by atoms with Crippen molar-refractivity contribution < 1.29 is 9.53 Å². The van der Waals surface area contributed by atoms with Gasteiger partial charge in [-0.05, 0) is 41.6 Å². The Morgan fingerprint density at radius 3 is 3.04 bits per heavy atom. The van der Waals surface area contributed by atoms with E-state index in [1.807, 2.05) is 28.4 Å². The van der Waals surface area contributed by atoms with Crippen molar-refractivity contribution in [1.82, 2.24) is 24.1 Å². The van der Waals surface area contributed by atoms with Crippen LogP contribution in [-0.4, -0.2) is 36.7 Å². The van der Waals surface area contributed by atoms with Crippen molar-refractivity contribution in [3.63, 3.8) is 0 Å². The third-order valence-electron chi connectivity index (χ3n) is 4.59. The smallest absolute Gasteiger partial charge is 0.306 e. The molecular formula is C17H19BrN6O2. The fourth-order valence-corrected chi connectivity index (χ4v) is 3.64. The molecule has 9 heteroatoms. The van der Waals surface area contributed by atoms with Crippen molar-refractivity contribution in [1.29, 1.82) is 0 Å². The minimum Gasteiger partial charge on any atom is -0.466 e. The van der Waals surface area contributed by atoms with E-state index in [0.717, 1.165) is 28.8 Å². The number of ether oxygens (including phenoxy) is 1. The molecule has 4 rings (SSSR count). The molecule has 3 heterocycles. The summed E-state index contributed by atoms with van der Waals surface area (Å²) in [4.78, 5) is 20.3. The Kier molecular flexibility index (Phi) is 4.62. The number of imidazole rings is 1. The predicted octanol–water partition coefficient (Wildman–Crippen LogP) is 3.34. The van der Waals surface area contributed by atoms with Gasteiger partial charge in [0, 0.05) is 25.0 Å². The van der Waals surface area contributed by atoms with Crippen LogP contribution in [0.5, 0.6) is 0 Å². The number of hydrogen-bond donors (Lipinski definition) is 1. The monoisotopic (exact) mass is 418 g/mol. The van der Waals surface area contributed by atoms with Crippen molar-refractivity contribution in [2.75, 3.05) is 11.9 Å². The average Bonchev–Trinajstić information content (AvgIpc) is 3.23. The van der Waals surface area contributed by atoms with Crippen molar-refractivity contribution >= 4 is 39.1 Å². The number of carbonyl (C=O) groups is 1. The highest BCUT2D eigenvalue weighted by molar-refractivity contribution is 9.10. The van der Waals surface area contributed by atoms with Gasteiger partial charge in [-0.2, -0.15) is 5.10 Å². The summed E-state index contributed by atoms with van der Waals surface area (Å²) in [7, 11) is 0. The largest absolute Gasteiger partial charge is 0.466 e. The van der Waals surface area contributed by atoms with E-state index in [0.29, 0.717) is 30.8 Å². The average molecular weight is 419 g/mol. The number of fused-ring (bicyclic) bond motifs is 1. The second-order valence-electron chi connectivity index (χ2n) is 6.38. The fourth-order valence-electron chi connectivity index (χ4n) is 3.25. The van der Waals surface area contributed by atoms with E-state index in [1.165, 1.54) is 0 Å². The SMILES string of the molecule is CCOC(=O)CC1CC(n2cc(Nc3ncc(Br)n4ccnc34)cn2)C1. The number of hydrogen-bond acceptors (Lipinski definition) is 6. The van der Waals surface area contributed by atoms with Gasteiger partial charge in [0.05, 0.1) is 30.7 Å². The Hall–Kier alpha value is -2.42. The van der Waals surface area contributed by atoms with Gasteiger partial charge in [0.25, 0.3) is 0 Å². The lowest BCUT2D eigenvalue weighted by Gasteiger charge is -2.34. The maximum absolute atomic E-state index is 11.5. The molecule has 0 spiro atoms. The number of halogens is 1. The minimum absolute atomic E-state index is 0.108. The van der Waals surface area contributed by atoms with Gasteiger partial charge in [-0.1, -0.05) is 0 Å². The highest BCUT2D eigenvalue weighted by Gasteiger charge is 2.32. The Morgan fingerprint density at radius 2 is 2.23 bits per heavy atom. The summed E-state index contributed by atoms with van der Waals surface area (Å²) in [5.41, 5.74) is 1.60. The number of rotatable bonds is 6. The standard InChI is InChI=1S/C17H19BrN6O2/c1-2-26-15(25)7-11-5-13(6-11)24-10-12(8-21-24)22-16-17-19-3-4-23(17)14(18)9-20-16/h3-4,8-11,13H,2,5-7H2,1H3,(H,20,22). The van der Waals surface area contributed by atoms with Crippen LogP contribution in [0.3, 0.4) is 0 Å². The summed E-state index contributed by atoms with van der Waals surface area (Å²) in [5.74, 6) is 0.952. The van der Waals surface area contributed by atoms with Crippen LogP contribution < -0.4 is 5.32 Å². The van der Waals surface area contributed by atoms with Crippen molar-refractivity contribution in [2.45, 2.75) is 32.2 Å². The van der Waals surface area contributed by atoms with Crippen LogP contribution in [0.25, 0.3) is 5.65 Å². The van der Waals surface area contributed by atoms with Crippen molar-refractivity contribution in [3.05, 3.63) is 35.6 Å². The van der Waals surface area contributed by atoms with Crippen LogP contribution in [0.4, 0.5) is 11.5 Å². The Labute approximate surface area is 158 Å². The van der Waals surface area contributed by atoms with Gasteiger partial charge in [-0.3, -0.25) is 13.9 Å². The summed E-state index contributed by atoms with van der Waals surface area (Å²) >= 11 is 3.45. The molecule has 26 heavy (non-hydrogen) atoms. The first-order valence-electron chi connectivity index (χ1n) is 8.58. The van der Waals surface area contributed by atoms with Crippen LogP contribution in [0, 0.1) is 5.92 Å². The normalized spacial score (nSPS) is 19.3. The molecular weight excluding hydrogens is 400 g/mol. The van der Waals surface area contributed by atoms with E-state index >= 15 is 0 Å². The molecule has 1 aliphatic carbocycles. The second kappa shape index (κ2) is 7.06. The zero-order valence-electron chi connectivity index (χ0n) is 14.3. The minimum atomic E-state index is -0.108. The lowest BCUT2D eigenvalue weighted by Crippen LogP contribution is -2.29. The number of anilines is 2. The van der Waals surface area contributed by atoms with E-state index < -0.39 is 0 Å². The molecule has 1 saturated carbocycles. The number of carbonyl (C=O) groups excluding carboxylic acids is 1. The molecule has 0 radical (unpaired) electrons. The molecule has 0 saturated heterocycles. The molecule has 136 valence electrons. The summed E-state index contributed by atoms with van der Waals surface area (Å²) < 4.78 is 9.71. The molecule has 8 nitrogen and oxygen atoms in total. The molecule has 0 aromatic carbocycles. The topological polar surface area (TPSA) is 86.3 Å². The molecule has 0 amide bonds. The van der Waals surface area contributed by atoms with E-state index in [-0.39, 0.29) is 5.97 Å². The fraction of sp³-hybridized carbons (Fsp3) is 0.412. The first-order valence-corrected chi connectivity index (χ1v) is 9.37. The highest BCUT2D eigenvalue weighted by atomic mass is 79.9. The number of esters is 1. The first kappa shape index (κ1) is 17.0. The maximum atomic E-state index is 11.5. The number of nitrogens with one attached hydrogen (secondary N) is 1. The Morgan fingerprint density at radius 1 is 1.38 bits per heavy atom. The van der Waals surface area contributed by atoms with Gasteiger partial charge >= 0.3 is 5.97 Å². The number of nitrogens with zero attached hydrogens (tertiary/aromatic N) is 5. The van der Waals surface area contributed by atoms with Crippen molar-refractivity contribution in [2.24, 2.45) is 5.92 Å². The van der Waals surface area contributed by atoms with Crippen LogP contribution in [0.15, 0.2) is 35.6 Å². The van der Waals surface area contributed by atoms with Gasteiger partial charge < -0.3 is 10.1 Å². The first-order chi connectivity index (χ1) is 12.6. The van der Waals surface area contributed by atoms with Gasteiger partial charge in [0.2, 0.25) is 0 Å². The molecule has 0 unspecified atom stereocenters. The molecule has 3 aromatic heterocycles. The molecule has 3 aromatic rings. The van der Waals surface area contributed by atoms with Gasteiger partial charge in [-0.25, -0.2) is 9.97 Å². The quantitative estimate of drug-likeness (QED) is 0.617. The van der Waals surface area contributed by atoms with E-state index in [2.05, 4.69) is 36.3 Å². The summed E-state index contributed by atoms with van der Waals surface area (Å²) in [6.07, 6.45) is 11.5. The van der Waals surface area contributed by atoms with Crippen LogP contribution in [0.2, 0.25) is 0 Å². The zero-order chi connectivity index (χ0) is 18.1. The molecule has 0 bridgehead atoms. The zero-order valence-corrected chi connectivity index (χ0v) is 15.9. The van der Waals surface area contributed by atoms with E-state index in [4.69, 9.17) is 4.74 Å². The van der Waals surface area contributed by atoms with E-state index in [9.17, 15) is 4.79 Å². The van der Waals surface area contributed by atoms with Crippen LogP contribution in [-0.2, 0) is 9.53 Å². The molecule has 1 aliphatic rings. The summed E-state index contributed by atoms with van der Waals surface area (Å²) in [5, 5.41) is 7.71. The third kappa shape index (κ3) is 3.31. The molecule has 1 fully saturated rings. The van der Waals surface area contributed by atoms with Gasteiger partial charge in [0.15, 0.2) is 11.5 Å². The van der Waals surface area contributed by atoms with Crippen LogP contribution in [0.1, 0.15) is 32.2 Å². The summed E-state index contributed by atoms with van der Waals surface area (Å²) in [6.45, 7) is 2.27. The lowest BCUT2D eigenvalue weighted by molar-refractivity contribution is -0.145. The van der Waals surface area contributed by atoms with Gasteiger partial charge in [0.1, 0.15) is 4.60 Å². The van der Waals surface area contributed by atoms with Crippen molar-refractivity contribution in [3.8, 4) is 0 Å². The molecule has 0 atom stereocenters. The second-order valence-corrected chi connectivity index (χ2v) is 7.20.